The first-order valence-corrected chi connectivity index (χ1v) is 8.50. The fourth-order valence-corrected chi connectivity index (χ4v) is 2.71. The number of hydrogen-bond acceptors (Lipinski definition) is 3. The second-order valence-electron chi connectivity index (χ2n) is 6.03. The van der Waals surface area contributed by atoms with Crippen molar-refractivity contribution in [2.24, 2.45) is 5.92 Å². The molecule has 3 aromatic rings. The molecule has 5 heteroatoms. The highest BCUT2D eigenvalue weighted by molar-refractivity contribution is 6.32. The lowest BCUT2D eigenvalue weighted by Gasteiger charge is -2.16. The first-order chi connectivity index (χ1) is 11.6. The Morgan fingerprint density at radius 3 is 2.67 bits per heavy atom. The minimum atomic E-state index is 0.408. The molecule has 4 nitrogen and oxygen atoms in total. The summed E-state index contributed by atoms with van der Waals surface area (Å²) in [5.41, 5.74) is 2.78. The first kappa shape index (κ1) is 16.7. The van der Waals surface area contributed by atoms with Crippen LogP contribution in [0.25, 0.3) is 22.4 Å². The predicted octanol–water partition coefficient (Wildman–Crippen LogP) is 5.32. The molecule has 0 bridgehead atoms. The van der Waals surface area contributed by atoms with Crippen LogP contribution in [0.5, 0.6) is 11.5 Å². The predicted molar refractivity (Wildman–Crippen MR) is 98.0 cm³/mol. The van der Waals surface area contributed by atoms with Crippen LogP contribution < -0.4 is 9.47 Å². The van der Waals surface area contributed by atoms with E-state index in [0.29, 0.717) is 35.7 Å². The van der Waals surface area contributed by atoms with Gasteiger partial charge in [-0.05, 0) is 37.1 Å². The number of aromatic amines is 1. The molecule has 1 heterocycles. The van der Waals surface area contributed by atoms with Crippen molar-refractivity contribution in [2.45, 2.75) is 20.8 Å². The van der Waals surface area contributed by atoms with Crippen LogP contribution in [-0.4, -0.2) is 23.2 Å². The van der Waals surface area contributed by atoms with Gasteiger partial charge in [0.05, 0.1) is 29.3 Å². The van der Waals surface area contributed by atoms with Crippen molar-refractivity contribution in [1.29, 1.82) is 0 Å². The monoisotopic (exact) mass is 344 g/mol. The average molecular weight is 345 g/mol. The molecule has 0 aliphatic carbocycles. The quantitative estimate of drug-likeness (QED) is 0.658. The standard InChI is InChI=1S/C19H21ClN2O2/c1-4-23-17-10-13(9-14(20)18(17)24-11-12(2)3)19-21-15-7-5-6-8-16(15)22-19/h5-10,12H,4,11H2,1-3H3,(H,21,22). The van der Waals surface area contributed by atoms with Crippen molar-refractivity contribution in [2.75, 3.05) is 13.2 Å². The summed E-state index contributed by atoms with van der Waals surface area (Å²) < 4.78 is 11.6. The van der Waals surface area contributed by atoms with E-state index in [9.17, 15) is 0 Å². The number of benzene rings is 2. The van der Waals surface area contributed by atoms with Crippen LogP contribution in [0.3, 0.4) is 0 Å². The number of nitrogens with zero attached hydrogens (tertiary/aromatic N) is 1. The lowest BCUT2D eigenvalue weighted by atomic mass is 10.2. The van der Waals surface area contributed by atoms with E-state index in [2.05, 4.69) is 23.8 Å². The van der Waals surface area contributed by atoms with Crippen LogP contribution >= 0.6 is 11.6 Å². The van der Waals surface area contributed by atoms with E-state index in [0.717, 1.165) is 22.4 Å². The number of para-hydroxylation sites is 2. The fraction of sp³-hybridized carbons (Fsp3) is 0.316. The van der Waals surface area contributed by atoms with E-state index in [4.69, 9.17) is 21.1 Å². The van der Waals surface area contributed by atoms with Crippen LogP contribution in [0.4, 0.5) is 0 Å². The number of hydrogen-bond donors (Lipinski definition) is 1. The number of nitrogens with one attached hydrogen (secondary N) is 1. The van der Waals surface area contributed by atoms with Gasteiger partial charge in [0.15, 0.2) is 11.5 Å². The Morgan fingerprint density at radius 1 is 1.17 bits per heavy atom. The van der Waals surface area contributed by atoms with Crippen LogP contribution in [0.2, 0.25) is 5.02 Å². The molecule has 0 aliphatic rings. The third-order valence-corrected chi connectivity index (χ3v) is 3.81. The maximum absolute atomic E-state index is 6.46. The van der Waals surface area contributed by atoms with Gasteiger partial charge in [0.1, 0.15) is 5.82 Å². The summed E-state index contributed by atoms with van der Waals surface area (Å²) in [7, 11) is 0. The summed E-state index contributed by atoms with van der Waals surface area (Å²) >= 11 is 6.46. The Balaban J connectivity index is 2.02. The van der Waals surface area contributed by atoms with Gasteiger partial charge in [-0.1, -0.05) is 37.6 Å². The van der Waals surface area contributed by atoms with E-state index < -0.39 is 0 Å². The second-order valence-corrected chi connectivity index (χ2v) is 6.43. The van der Waals surface area contributed by atoms with Gasteiger partial charge in [-0.2, -0.15) is 0 Å². The number of aromatic nitrogens is 2. The van der Waals surface area contributed by atoms with Gasteiger partial charge in [0.25, 0.3) is 0 Å². The van der Waals surface area contributed by atoms with Gasteiger partial charge < -0.3 is 14.5 Å². The van der Waals surface area contributed by atoms with Crippen LogP contribution in [0, 0.1) is 5.92 Å². The SMILES string of the molecule is CCOc1cc(-c2nc3ccccc3[nH]2)cc(Cl)c1OCC(C)C. The summed E-state index contributed by atoms with van der Waals surface area (Å²) in [6.45, 7) is 7.25. The summed E-state index contributed by atoms with van der Waals surface area (Å²) in [5.74, 6) is 2.40. The first-order valence-electron chi connectivity index (χ1n) is 8.12. The molecule has 1 aromatic heterocycles. The van der Waals surface area contributed by atoms with Gasteiger partial charge in [0, 0.05) is 5.56 Å². The van der Waals surface area contributed by atoms with Crippen molar-refractivity contribution < 1.29 is 9.47 Å². The third kappa shape index (κ3) is 3.49. The minimum absolute atomic E-state index is 0.408. The maximum atomic E-state index is 6.46. The molecule has 0 saturated heterocycles. The molecule has 0 spiro atoms. The fourth-order valence-electron chi connectivity index (χ4n) is 2.45. The molecule has 24 heavy (non-hydrogen) atoms. The molecule has 126 valence electrons. The van der Waals surface area contributed by atoms with Gasteiger partial charge >= 0.3 is 0 Å². The van der Waals surface area contributed by atoms with Crippen molar-refractivity contribution in [3.05, 3.63) is 41.4 Å². The largest absolute Gasteiger partial charge is 0.490 e. The number of ether oxygens (including phenoxy) is 2. The van der Waals surface area contributed by atoms with E-state index >= 15 is 0 Å². The zero-order valence-electron chi connectivity index (χ0n) is 14.1. The summed E-state index contributed by atoms with van der Waals surface area (Å²) in [6.07, 6.45) is 0. The van der Waals surface area contributed by atoms with Gasteiger partial charge in [-0.3, -0.25) is 0 Å². The molecule has 0 aliphatic heterocycles. The number of rotatable bonds is 6. The Hall–Kier alpha value is -2.20. The third-order valence-electron chi connectivity index (χ3n) is 3.53. The zero-order chi connectivity index (χ0) is 17.1. The number of H-pyrrole nitrogens is 1. The number of fused-ring (bicyclic) bond motifs is 1. The number of imidazole rings is 1. The molecule has 1 N–H and O–H groups in total. The Kier molecular flexibility index (Phi) is 4.95. The Morgan fingerprint density at radius 2 is 1.96 bits per heavy atom. The molecule has 0 unspecified atom stereocenters. The maximum Gasteiger partial charge on any atom is 0.179 e. The van der Waals surface area contributed by atoms with E-state index in [1.165, 1.54) is 0 Å². The smallest absolute Gasteiger partial charge is 0.179 e. The van der Waals surface area contributed by atoms with Crippen molar-refractivity contribution in [1.82, 2.24) is 9.97 Å². The van der Waals surface area contributed by atoms with E-state index in [-0.39, 0.29) is 0 Å². The summed E-state index contributed by atoms with van der Waals surface area (Å²) in [5, 5.41) is 0.525. The summed E-state index contributed by atoms with van der Waals surface area (Å²) in [6, 6.07) is 11.7. The molecule has 0 radical (unpaired) electrons. The molecule has 3 rings (SSSR count). The van der Waals surface area contributed by atoms with Gasteiger partial charge in [-0.25, -0.2) is 4.98 Å². The van der Waals surface area contributed by atoms with Crippen molar-refractivity contribution in [3.8, 4) is 22.9 Å². The minimum Gasteiger partial charge on any atom is -0.490 e. The highest BCUT2D eigenvalue weighted by Gasteiger charge is 2.16. The zero-order valence-corrected chi connectivity index (χ0v) is 14.9. The van der Waals surface area contributed by atoms with Crippen LogP contribution in [0.1, 0.15) is 20.8 Å². The molecule has 0 saturated carbocycles. The molecular formula is C19H21ClN2O2. The Labute approximate surface area is 146 Å². The lowest BCUT2D eigenvalue weighted by Crippen LogP contribution is -2.07. The topological polar surface area (TPSA) is 47.1 Å². The lowest BCUT2D eigenvalue weighted by molar-refractivity contribution is 0.248. The normalized spacial score (nSPS) is 11.2. The highest BCUT2D eigenvalue weighted by atomic mass is 35.5. The second kappa shape index (κ2) is 7.14. The van der Waals surface area contributed by atoms with Crippen LogP contribution in [-0.2, 0) is 0 Å². The molecule has 0 amide bonds. The highest BCUT2D eigenvalue weighted by Crippen LogP contribution is 2.39. The van der Waals surface area contributed by atoms with Gasteiger partial charge in [0.2, 0.25) is 0 Å². The van der Waals surface area contributed by atoms with Crippen molar-refractivity contribution in [3.63, 3.8) is 0 Å². The van der Waals surface area contributed by atoms with E-state index in [1.807, 2.05) is 43.3 Å². The Bertz CT molecular complexity index is 809. The van der Waals surface area contributed by atoms with E-state index in [1.54, 1.807) is 0 Å². The average Bonchev–Trinajstić information content (AvgIpc) is 2.98. The van der Waals surface area contributed by atoms with Gasteiger partial charge in [-0.15, -0.1) is 0 Å². The molecular weight excluding hydrogens is 324 g/mol. The molecule has 2 aromatic carbocycles. The summed E-state index contributed by atoms with van der Waals surface area (Å²) in [4.78, 5) is 7.93. The molecule has 0 atom stereocenters. The molecule has 0 fully saturated rings. The van der Waals surface area contributed by atoms with Crippen molar-refractivity contribution >= 4 is 22.6 Å². The number of halogens is 1. The van der Waals surface area contributed by atoms with Crippen LogP contribution in [0.15, 0.2) is 36.4 Å².